The molecule has 29 heavy (non-hydrogen) atoms. The summed E-state index contributed by atoms with van der Waals surface area (Å²) in [5.41, 5.74) is 3.58. The number of aromatic hydroxyl groups is 1. The van der Waals surface area contributed by atoms with E-state index in [0.717, 1.165) is 11.3 Å². The van der Waals surface area contributed by atoms with Gasteiger partial charge in [-0.15, -0.1) is 0 Å². The number of aromatic nitrogens is 2. The summed E-state index contributed by atoms with van der Waals surface area (Å²) in [5, 5.41) is 23.5. The van der Waals surface area contributed by atoms with Crippen molar-refractivity contribution in [2.45, 2.75) is 26.2 Å². The molecule has 1 amide bonds. The van der Waals surface area contributed by atoms with Crippen molar-refractivity contribution in [2.24, 2.45) is 0 Å². The third-order valence-electron chi connectivity index (χ3n) is 4.86. The first kappa shape index (κ1) is 20.2. The second kappa shape index (κ2) is 8.61. The van der Waals surface area contributed by atoms with Gasteiger partial charge in [0.2, 0.25) is 0 Å². The van der Waals surface area contributed by atoms with Crippen LogP contribution in [0.1, 0.15) is 46.9 Å². The quantitative estimate of drug-likeness (QED) is 0.695. The number of amides is 1. The molecule has 0 unspecified atom stereocenters. The third-order valence-corrected chi connectivity index (χ3v) is 4.86. The van der Waals surface area contributed by atoms with Crippen molar-refractivity contribution in [2.75, 3.05) is 13.6 Å². The maximum absolute atomic E-state index is 12.7. The predicted octanol–water partition coefficient (Wildman–Crippen LogP) is 3.89. The van der Waals surface area contributed by atoms with Crippen LogP contribution in [-0.2, 0) is 6.42 Å². The number of nitrogens with zero attached hydrogens (tertiary/aromatic N) is 4. The zero-order valence-corrected chi connectivity index (χ0v) is 16.8. The molecule has 0 spiro atoms. The molecule has 0 aliphatic heterocycles. The normalized spacial score (nSPS) is 10.7. The molecule has 0 saturated carbocycles. The third kappa shape index (κ3) is 4.64. The van der Waals surface area contributed by atoms with Crippen LogP contribution in [0.2, 0.25) is 0 Å². The van der Waals surface area contributed by atoms with Gasteiger partial charge in [0.25, 0.3) is 5.91 Å². The van der Waals surface area contributed by atoms with Gasteiger partial charge in [0.1, 0.15) is 0 Å². The van der Waals surface area contributed by atoms with E-state index in [9.17, 15) is 9.90 Å². The van der Waals surface area contributed by atoms with Gasteiger partial charge >= 0.3 is 0 Å². The van der Waals surface area contributed by atoms with Crippen LogP contribution < -0.4 is 0 Å². The van der Waals surface area contributed by atoms with Crippen molar-refractivity contribution in [3.63, 3.8) is 0 Å². The Balaban J connectivity index is 1.71. The largest absolute Gasteiger partial charge is 0.504 e. The molecule has 0 fully saturated rings. The van der Waals surface area contributed by atoms with Crippen LogP contribution in [0, 0.1) is 11.3 Å². The van der Waals surface area contributed by atoms with Gasteiger partial charge in [0, 0.05) is 13.6 Å². The Kier molecular flexibility index (Phi) is 5.99. The van der Waals surface area contributed by atoms with E-state index >= 15 is 0 Å². The summed E-state index contributed by atoms with van der Waals surface area (Å²) in [4.78, 5) is 14.3. The molecule has 2 aromatic carbocycles. The number of likely N-dealkylation sites (N-methyl/N-ethyl adjacent to an activating group) is 1. The fourth-order valence-electron chi connectivity index (χ4n) is 3.04. The Labute approximate surface area is 170 Å². The topological polar surface area (TPSA) is 82.2 Å². The Morgan fingerprint density at radius 3 is 2.62 bits per heavy atom. The zero-order valence-electron chi connectivity index (χ0n) is 16.8. The molecule has 1 N–H and O–H groups in total. The molecule has 0 atom stereocenters. The van der Waals surface area contributed by atoms with Crippen molar-refractivity contribution < 1.29 is 9.90 Å². The minimum Gasteiger partial charge on any atom is -0.504 e. The van der Waals surface area contributed by atoms with E-state index < -0.39 is 0 Å². The highest BCUT2D eigenvalue weighted by molar-refractivity contribution is 5.94. The van der Waals surface area contributed by atoms with Crippen molar-refractivity contribution in [3.8, 4) is 17.5 Å². The molecular formula is C23H24N4O2. The fraction of sp³-hybridized carbons (Fsp3) is 0.261. The van der Waals surface area contributed by atoms with E-state index in [4.69, 9.17) is 5.26 Å². The zero-order chi connectivity index (χ0) is 21.0. The molecule has 0 saturated heterocycles. The molecule has 6 nitrogen and oxygen atoms in total. The molecule has 3 aromatic rings. The number of carbonyl (C=O) groups excluding carboxylic acids is 1. The molecule has 0 radical (unpaired) electrons. The lowest BCUT2D eigenvalue weighted by atomic mass is 10.0. The first-order valence-corrected chi connectivity index (χ1v) is 9.52. The summed E-state index contributed by atoms with van der Waals surface area (Å²) >= 11 is 0. The monoisotopic (exact) mass is 388 g/mol. The lowest BCUT2D eigenvalue weighted by molar-refractivity contribution is 0.0787. The molecule has 1 heterocycles. The van der Waals surface area contributed by atoms with Crippen molar-refractivity contribution in [3.05, 3.63) is 77.1 Å². The summed E-state index contributed by atoms with van der Waals surface area (Å²) in [7, 11) is 1.67. The van der Waals surface area contributed by atoms with E-state index in [-0.39, 0.29) is 17.4 Å². The van der Waals surface area contributed by atoms with Gasteiger partial charge in [0.15, 0.2) is 11.4 Å². The van der Waals surface area contributed by atoms with Crippen molar-refractivity contribution in [1.29, 1.82) is 5.26 Å². The molecule has 1 aromatic heterocycles. The molecule has 3 rings (SSSR count). The average Bonchev–Trinajstić information content (AvgIpc) is 3.13. The van der Waals surface area contributed by atoms with E-state index in [1.165, 1.54) is 21.3 Å². The standard InChI is InChI=1S/C23H24N4O2/c1-16(2)19-7-9-20(10-8-19)27-15-21(28)22(25-27)23(29)26(3)12-11-17-5-4-6-18(13-17)14-24/h4-10,13,15-16,28H,11-12H2,1-3H3. The summed E-state index contributed by atoms with van der Waals surface area (Å²) in [6, 6.07) is 17.3. The molecule has 148 valence electrons. The minimum atomic E-state index is -0.350. The van der Waals surface area contributed by atoms with E-state index in [1.54, 1.807) is 13.1 Å². The molecule has 0 aliphatic carbocycles. The van der Waals surface area contributed by atoms with Gasteiger partial charge < -0.3 is 10.0 Å². The van der Waals surface area contributed by atoms with Gasteiger partial charge in [-0.1, -0.05) is 38.1 Å². The summed E-state index contributed by atoms with van der Waals surface area (Å²) in [6.07, 6.45) is 2.05. The minimum absolute atomic E-state index is 0.0196. The lowest BCUT2D eigenvalue weighted by Crippen LogP contribution is -2.29. The highest BCUT2D eigenvalue weighted by Crippen LogP contribution is 2.21. The average molecular weight is 388 g/mol. The second-order valence-electron chi connectivity index (χ2n) is 7.34. The smallest absolute Gasteiger partial charge is 0.277 e. The Morgan fingerprint density at radius 2 is 1.97 bits per heavy atom. The van der Waals surface area contributed by atoms with Crippen LogP contribution in [-0.4, -0.2) is 39.3 Å². The van der Waals surface area contributed by atoms with Gasteiger partial charge in [-0.3, -0.25) is 4.79 Å². The highest BCUT2D eigenvalue weighted by Gasteiger charge is 2.20. The Hall–Kier alpha value is -3.59. The number of benzene rings is 2. The number of rotatable bonds is 6. The van der Waals surface area contributed by atoms with E-state index in [1.807, 2.05) is 42.5 Å². The molecule has 0 bridgehead atoms. The van der Waals surface area contributed by atoms with E-state index in [0.29, 0.717) is 24.4 Å². The fourth-order valence-corrected chi connectivity index (χ4v) is 3.04. The lowest BCUT2D eigenvalue weighted by Gasteiger charge is -2.16. The van der Waals surface area contributed by atoms with Gasteiger partial charge in [-0.2, -0.15) is 10.4 Å². The molecular weight excluding hydrogens is 364 g/mol. The van der Waals surface area contributed by atoms with Crippen molar-refractivity contribution >= 4 is 5.91 Å². The van der Waals surface area contributed by atoms with Gasteiger partial charge in [-0.25, -0.2) is 4.68 Å². The number of hydrogen-bond donors (Lipinski definition) is 1. The SMILES string of the molecule is CC(C)c1ccc(-n2cc(O)c(C(=O)N(C)CCc3cccc(C#N)c3)n2)cc1. The predicted molar refractivity (Wildman–Crippen MR) is 111 cm³/mol. The Bertz CT molecular complexity index is 1050. The molecule has 6 heteroatoms. The Morgan fingerprint density at radius 1 is 1.24 bits per heavy atom. The van der Waals surface area contributed by atoms with Gasteiger partial charge in [-0.05, 0) is 47.7 Å². The van der Waals surface area contributed by atoms with Crippen molar-refractivity contribution in [1.82, 2.24) is 14.7 Å². The maximum atomic E-state index is 12.7. The number of nitriles is 1. The first-order chi connectivity index (χ1) is 13.9. The van der Waals surface area contributed by atoms with Crippen LogP contribution in [0.25, 0.3) is 5.69 Å². The summed E-state index contributed by atoms with van der Waals surface area (Å²) < 4.78 is 1.51. The summed E-state index contributed by atoms with van der Waals surface area (Å²) in [5.74, 6) is -0.0764. The first-order valence-electron chi connectivity index (χ1n) is 9.52. The number of carbonyl (C=O) groups is 1. The molecule has 0 aliphatic rings. The van der Waals surface area contributed by atoms with Crippen LogP contribution in [0.5, 0.6) is 5.75 Å². The number of hydrogen-bond acceptors (Lipinski definition) is 4. The van der Waals surface area contributed by atoms with Gasteiger partial charge in [0.05, 0.1) is 23.5 Å². The van der Waals surface area contributed by atoms with Crippen LogP contribution in [0.15, 0.2) is 54.7 Å². The van der Waals surface area contributed by atoms with Crippen LogP contribution in [0.3, 0.4) is 0 Å². The van der Waals surface area contributed by atoms with Crippen LogP contribution >= 0.6 is 0 Å². The van der Waals surface area contributed by atoms with Crippen LogP contribution in [0.4, 0.5) is 0 Å². The highest BCUT2D eigenvalue weighted by atomic mass is 16.3. The van der Waals surface area contributed by atoms with E-state index in [2.05, 4.69) is 25.0 Å². The second-order valence-corrected chi connectivity index (χ2v) is 7.34. The summed E-state index contributed by atoms with van der Waals surface area (Å²) in [6.45, 7) is 4.69. The maximum Gasteiger partial charge on any atom is 0.277 e.